The molecule has 0 radical (unpaired) electrons. The molecular formula is C14H17F4NO. The van der Waals surface area contributed by atoms with E-state index in [0.717, 1.165) is 31.6 Å². The lowest BCUT2D eigenvalue weighted by Gasteiger charge is -2.20. The van der Waals surface area contributed by atoms with E-state index in [1.54, 1.807) is 0 Å². The number of nitrogens with one attached hydrogen (secondary N) is 1. The standard InChI is InChI=1S/C14H17F4NO/c1-9(13-3-2-6-20-13)19-8-10-4-5-12(15)11(7-10)14(16,17)18/h4-5,7,9,13,19H,2-3,6,8H2,1H3. The van der Waals surface area contributed by atoms with Crippen LogP contribution in [0.15, 0.2) is 18.2 Å². The summed E-state index contributed by atoms with van der Waals surface area (Å²) in [4.78, 5) is 0. The van der Waals surface area contributed by atoms with E-state index in [0.29, 0.717) is 5.56 Å². The van der Waals surface area contributed by atoms with E-state index >= 15 is 0 Å². The summed E-state index contributed by atoms with van der Waals surface area (Å²) in [5.41, 5.74) is -0.815. The first-order valence-corrected chi connectivity index (χ1v) is 6.58. The summed E-state index contributed by atoms with van der Waals surface area (Å²) >= 11 is 0. The molecule has 0 spiro atoms. The fraction of sp³-hybridized carbons (Fsp3) is 0.571. The van der Waals surface area contributed by atoms with Crippen LogP contribution in [0.25, 0.3) is 0 Å². The lowest BCUT2D eigenvalue weighted by atomic mass is 10.1. The van der Waals surface area contributed by atoms with E-state index in [-0.39, 0.29) is 18.7 Å². The van der Waals surface area contributed by atoms with Gasteiger partial charge in [0, 0.05) is 19.2 Å². The molecule has 2 atom stereocenters. The molecule has 2 nitrogen and oxygen atoms in total. The molecule has 6 heteroatoms. The zero-order chi connectivity index (χ0) is 14.8. The van der Waals surface area contributed by atoms with E-state index < -0.39 is 17.6 Å². The lowest BCUT2D eigenvalue weighted by molar-refractivity contribution is -0.140. The third-order valence-corrected chi connectivity index (χ3v) is 3.49. The van der Waals surface area contributed by atoms with Gasteiger partial charge in [0.15, 0.2) is 0 Å². The maximum absolute atomic E-state index is 13.1. The number of halogens is 4. The van der Waals surface area contributed by atoms with Gasteiger partial charge in [-0.05, 0) is 37.5 Å². The lowest BCUT2D eigenvalue weighted by Crippen LogP contribution is -2.36. The molecule has 0 aromatic heterocycles. The van der Waals surface area contributed by atoms with Gasteiger partial charge in [-0.25, -0.2) is 4.39 Å². The van der Waals surface area contributed by atoms with Crippen LogP contribution >= 0.6 is 0 Å². The number of hydrogen-bond acceptors (Lipinski definition) is 2. The van der Waals surface area contributed by atoms with Crippen LogP contribution in [0, 0.1) is 5.82 Å². The van der Waals surface area contributed by atoms with Gasteiger partial charge in [0.25, 0.3) is 0 Å². The van der Waals surface area contributed by atoms with Crippen LogP contribution in [0.2, 0.25) is 0 Å². The van der Waals surface area contributed by atoms with E-state index in [4.69, 9.17) is 4.74 Å². The Balaban J connectivity index is 1.99. The predicted molar refractivity (Wildman–Crippen MR) is 66.7 cm³/mol. The summed E-state index contributed by atoms with van der Waals surface area (Å²) in [6, 6.07) is 3.12. The van der Waals surface area contributed by atoms with Crippen molar-refractivity contribution in [3.05, 3.63) is 35.1 Å². The molecule has 1 aliphatic heterocycles. The molecule has 20 heavy (non-hydrogen) atoms. The van der Waals surface area contributed by atoms with Gasteiger partial charge in [-0.1, -0.05) is 6.07 Å². The van der Waals surface area contributed by atoms with E-state index in [1.165, 1.54) is 6.07 Å². The van der Waals surface area contributed by atoms with Gasteiger partial charge in [0.2, 0.25) is 0 Å². The van der Waals surface area contributed by atoms with Gasteiger partial charge in [-0.3, -0.25) is 0 Å². The fourth-order valence-corrected chi connectivity index (χ4v) is 2.31. The van der Waals surface area contributed by atoms with Gasteiger partial charge >= 0.3 is 6.18 Å². The molecule has 1 aromatic rings. The molecule has 1 heterocycles. The third kappa shape index (κ3) is 3.70. The summed E-state index contributed by atoms with van der Waals surface area (Å²) < 4.78 is 56.4. The average molecular weight is 291 g/mol. The topological polar surface area (TPSA) is 21.3 Å². The molecule has 0 aliphatic carbocycles. The van der Waals surface area contributed by atoms with Gasteiger partial charge in [0.1, 0.15) is 5.82 Å². The quantitative estimate of drug-likeness (QED) is 0.857. The fourth-order valence-electron chi connectivity index (χ4n) is 2.31. The minimum Gasteiger partial charge on any atom is -0.377 e. The Hall–Kier alpha value is -1.14. The van der Waals surface area contributed by atoms with Crippen molar-refractivity contribution in [3.63, 3.8) is 0 Å². The first-order valence-electron chi connectivity index (χ1n) is 6.58. The SMILES string of the molecule is CC(NCc1ccc(F)c(C(F)(F)F)c1)C1CCCO1. The maximum Gasteiger partial charge on any atom is 0.419 e. The molecule has 2 rings (SSSR count). The third-order valence-electron chi connectivity index (χ3n) is 3.49. The molecule has 112 valence electrons. The molecule has 1 aromatic carbocycles. The van der Waals surface area contributed by atoms with Crippen LogP contribution in [0.4, 0.5) is 17.6 Å². The largest absolute Gasteiger partial charge is 0.419 e. The Bertz CT molecular complexity index is 455. The van der Waals surface area contributed by atoms with Crippen molar-refractivity contribution in [2.45, 2.75) is 44.6 Å². The van der Waals surface area contributed by atoms with Crippen LogP contribution < -0.4 is 5.32 Å². The summed E-state index contributed by atoms with van der Waals surface area (Å²) in [6.07, 6.45) is -2.62. The highest BCUT2D eigenvalue weighted by Crippen LogP contribution is 2.31. The minimum absolute atomic E-state index is 0.0527. The molecule has 2 unspecified atom stereocenters. The number of ether oxygens (including phenoxy) is 1. The monoisotopic (exact) mass is 291 g/mol. The second kappa shape index (κ2) is 6.10. The Kier molecular flexibility index (Phi) is 4.65. The summed E-state index contributed by atoms with van der Waals surface area (Å²) in [5.74, 6) is -1.24. The molecule has 0 amide bonds. The highest BCUT2D eigenvalue weighted by atomic mass is 19.4. The average Bonchev–Trinajstić information content (AvgIpc) is 2.90. The predicted octanol–water partition coefficient (Wildman–Crippen LogP) is 3.50. The van der Waals surface area contributed by atoms with Gasteiger partial charge in [-0.15, -0.1) is 0 Å². The van der Waals surface area contributed by atoms with Crippen molar-refractivity contribution in [2.75, 3.05) is 6.61 Å². The summed E-state index contributed by atoms with van der Waals surface area (Å²) in [7, 11) is 0. The highest BCUT2D eigenvalue weighted by Gasteiger charge is 2.34. The van der Waals surface area contributed by atoms with Crippen LogP contribution in [-0.4, -0.2) is 18.8 Å². The number of alkyl halides is 3. The Morgan fingerprint density at radius 3 is 2.75 bits per heavy atom. The Labute approximate surface area is 115 Å². The molecule has 0 bridgehead atoms. The smallest absolute Gasteiger partial charge is 0.377 e. The highest BCUT2D eigenvalue weighted by molar-refractivity contribution is 5.27. The molecule has 0 saturated carbocycles. The second-order valence-corrected chi connectivity index (χ2v) is 5.03. The summed E-state index contributed by atoms with van der Waals surface area (Å²) in [6.45, 7) is 2.92. The van der Waals surface area contributed by atoms with Crippen LogP contribution in [0.5, 0.6) is 0 Å². The van der Waals surface area contributed by atoms with E-state index in [9.17, 15) is 17.6 Å². The van der Waals surface area contributed by atoms with Gasteiger partial charge in [-0.2, -0.15) is 13.2 Å². The van der Waals surface area contributed by atoms with Crippen molar-refractivity contribution in [1.82, 2.24) is 5.32 Å². The van der Waals surface area contributed by atoms with E-state index in [1.807, 2.05) is 6.92 Å². The Morgan fingerprint density at radius 2 is 2.15 bits per heavy atom. The van der Waals surface area contributed by atoms with Gasteiger partial charge < -0.3 is 10.1 Å². The Morgan fingerprint density at radius 1 is 1.40 bits per heavy atom. The minimum atomic E-state index is -4.67. The van der Waals surface area contributed by atoms with Crippen molar-refractivity contribution < 1.29 is 22.3 Å². The van der Waals surface area contributed by atoms with Gasteiger partial charge in [0.05, 0.1) is 11.7 Å². The first kappa shape index (κ1) is 15.3. The molecule has 1 saturated heterocycles. The van der Waals surface area contributed by atoms with Crippen molar-refractivity contribution in [2.24, 2.45) is 0 Å². The zero-order valence-corrected chi connectivity index (χ0v) is 11.1. The summed E-state index contributed by atoms with van der Waals surface area (Å²) in [5, 5.41) is 3.12. The number of benzene rings is 1. The van der Waals surface area contributed by atoms with Crippen molar-refractivity contribution in [3.8, 4) is 0 Å². The first-order chi connectivity index (χ1) is 9.38. The van der Waals surface area contributed by atoms with Crippen LogP contribution in [0.1, 0.15) is 30.9 Å². The van der Waals surface area contributed by atoms with Crippen LogP contribution in [0.3, 0.4) is 0 Å². The normalized spacial score (nSPS) is 21.1. The molecule has 1 fully saturated rings. The molecular weight excluding hydrogens is 274 g/mol. The number of hydrogen-bond donors (Lipinski definition) is 1. The molecule has 1 aliphatic rings. The molecule has 1 N–H and O–H groups in total. The van der Waals surface area contributed by atoms with Crippen molar-refractivity contribution in [1.29, 1.82) is 0 Å². The maximum atomic E-state index is 13.1. The van der Waals surface area contributed by atoms with Crippen LogP contribution in [-0.2, 0) is 17.5 Å². The van der Waals surface area contributed by atoms with E-state index in [2.05, 4.69) is 5.32 Å². The number of rotatable bonds is 4. The second-order valence-electron chi connectivity index (χ2n) is 5.03. The zero-order valence-electron chi connectivity index (χ0n) is 11.1. The van der Waals surface area contributed by atoms with Crippen molar-refractivity contribution >= 4 is 0 Å².